The van der Waals surface area contributed by atoms with Crippen molar-refractivity contribution in [3.05, 3.63) is 65.0 Å². The van der Waals surface area contributed by atoms with E-state index in [-0.39, 0.29) is 5.91 Å². The molecule has 3 aromatic rings. The fraction of sp³-hybridized carbons (Fsp3) is 0.304. The number of esters is 1. The Morgan fingerprint density at radius 3 is 2.14 bits per heavy atom. The van der Waals surface area contributed by atoms with Gasteiger partial charge in [-0.1, -0.05) is 26.0 Å². The third kappa shape index (κ3) is 4.77. The second-order valence-electron chi connectivity index (χ2n) is 7.41. The molecule has 29 heavy (non-hydrogen) atoms. The maximum Gasteiger partial charge on any atom is 0.338 e. The van der Waals surface area contributed by atoms with Crippen LogP contribution in [0.5, 0.6) is 0 Å². The Labute approximate surface area is 170 Å². The number of aromatic nitrogens is 2. The van der Waals surface area contributed by atoms with Gasteiger partial charge in [-0.05, 0) is 62.6 Å². The standard InChI is InChI=1S/C23H25N3O3/c1-13(2)17-6-9-19(10-7-17)26-22(27)16(5)29-23(28)18-8-11-20-21(12-18)25-15(4)14(3)24-20/h6-13,16H,1-5H3,(H,26,27)/t16-/m1/s1. The Balaban J connectivity index is 1.67. The van der Waals surface area contributed by atoms with E-state index in [9.17, 15) is 9.59 Å². The zero-order valence-corrected chi connectivity index (χ0v) is 17.3. The Bertz CT molecular complexity index is 1060. The molecule has 0 spiro atoms. The lowest BCUT2D eigenvalue weighted by Gasteiger charge is -2.14. The summed E-state index contributed by atoms with van der Waals surface area (Å²) < 4.78 is 5.34. The van der Waals surface area contributed by atoms with Gasteiger partial charge in [-0.15, -0.1) is 0 Å². The number of nitrogens with one attached hydrogen (secondary N) is 1. The first-order valence-electron chi connectivity index (χ1n) is 9.61. The van der Waals surface area contributed by atoms with E-state index < -0.39 is 12.1 Å². The molecular formula is C23H25N3O3. The lowest BCUT2D eigenvalue weighted by atomic mass is 10.0. The van der Waals surface area contributed by atoms with E-state index in [1.165, 1.54) is 5.56 Å². The van der Waals surface area contributed by atoms with Gasteiger partial charge in [0.15, 0.2) is 6.10 Å². The van der Waals surface area contributed by atoms with Crippen LogP contribution < -0.4 is 5.32 Å². The van der Waals surface area contributed by atoms with Gasteiger partial charge in [0, 0.05) is 5.69 Å². The largest absolute Gasteiger partial charge is 0.449 e. The van der Waals surface area contributed by atoms with Gasteiger partial charge < -0.3 is 10.1 Å². The fourth-order valence-corrected chi connectivity index (χ4v) is 2.84. The van der Waals surface area contributed by atoms with E-state index in [0.717, 1.165) is 11.4 Å². The summed E-state index contributed by atoms with van der Waals surface area (Å²) in [6, 6.07) is 12.6. The molecular weight excluding hydrogens is 366 g/mol. The molecule has 0 aliphatic carbocycles. The average Bonchev–Trinajstić information content (AvgIpc) is 2.68. The van der Waals surface area contributed by atoms with E-state index in [1.54, 1.807) is 25.1 Å². The van der Waals surface area contributed by atoms with Gasteiger partial charge in [0.25, 0.3) is 5.91 Å². The molecule has 0 fully saturated rings. The van der Waals surface area contributed by atoms with Crippen LogP contribution in [0.2, 0.25) is 0 Å². The SMILES string of the molecule is Cc1nc2ccc(C(=O)O[C@H](C)C(=O)Nc3ccc(C(C)C)cc3)cc2nc1C. The quantitative estimate of drug-likeness (QED) is 0.645. The van der Waals surface area contributed by atoms with E-state index in [0.29, 0.717) is 28.2 Å². The van der Waals surface area contributed by atoms with Crippen LogP contribution in [-0.4, -0.2) is 27.9 Å². The molecule has 6 nitrogen and oxygen atoms in total. The number of rotatable bonds is 5. The number of carbonyl (C=O) groups excluding carboxylic acids is 2. The molecule has 0 radical (unpaired) electrons. The molecule has 3 rings (SSSR count). The van der Waals surface area contributed by atoms with Crippen LogP contribution in [0.1, 0.15) is 54.0 Å². The summed E-state index contributed by atoms with van der Waals surface area (Å²) in [7, 11) is 0. The van der Waals surface area contributed by atoms with Crippen LogP contribution in [-0.2, 0) is 9.53 Å². The molecule has 0 saturated carbocycles. The highest BCUT2D eigenvalue weighted by Gasteiger charge is 2.19. The second-order valence-corrected chi connectivity index (χ2v) is 7.41. The number of carbonyl (C=O) groups is 2. The number of nitrogens with zero attached hydrogens (tertiary/aromatic N) is 2. The number of anilines is 1. The van der Waals surface area contributed by atoms with E-state index >= 15 is 0 Å². The molecule has 6 heteroatoms. The van der Waals surface area contributed by atoms with Gasteiger partial charge in [0.1, 0.15) is 0 Å². The topological polar surface area (TPSA) is 81.2 Å². The molecule has 1 atom stereocenters. The molecule has 1 heterocycles. The zero-order chi connectivity index (χ0) is 21.1. The van der Waals surface area contributed by atoms with Crippen LogP contribution in [0.4, 0.5) is 5.69 Å². The summed E-state index contributed by atoms with van der Waals surface area (Å²) in [5.74, 6) is -0.550. The average molecular weight is 391 g/mol. The third-order valence-electron chi connectivity index (χ3n) is 4.81. The van der Waals surface area contributed by atoms with Gasteiger partial charge in [-0.2, -0.15) is 0 Å². The van der Waals surface area contributed by atoms with Crippen molar-refractivity contribution < 1.29 is 14.3 Å². The van der Waals surface area contributed by atoms with Crippen LogP contribution in [0.25, 0.3) is 11.0 Å². The van der Waals surface area contributed by atoms with Crippen molar-refractivity contribution in [2.45, 2.75) is 46.6 Å². The second kappa shape index (κ2) is 8.39. The summed E-state index contributed by atoms with van der Waals surface area (Å²) in [6.07, 6.45) is -0.936. The van der Waals surface area contributed by atoms with Gasteiger partial charge in [0.2, 0.25) is 0 Å². The molecule has 0 unspecified atom stereocenters. The number of fused-ring (bicyclic) bond motifs is 1. The molecule has 1 aromatic heterocycles. The minimum atomic E-state index is -0.936. The Kier molecular flexibility index (Phi) is 5.92. The number of hydrogen-bond donors (Lipinski definition) is 1. The van der Waals surface area contributed by atoms with Crippen molar-refractivity contribution in [3.8, 4) is 0 Å². The van der Waals surface area contributed by atoms with Gasteiger partial charge >= 0.3 is 5.97 Å². The van der Waals surface area contributed by atoms with Crippen molar-refractivity contribution in [1.29, 1.82) is 0 Å². The van der Waals surface area contributed by atoms with Crippen LogP contribution in [0.3, 0.4) is 0 Å². The van der Waals surface area contributed by atoms with Gasteiger partial charge in [-0.3, -0.25) is 4.79 Å². The molecule has 150 valence electrons. The van der Waals surface area contributed by atoms with Crippen molar-refractivity contribution >= 4 is 28.6 Å². The number of hydrogen-bond acceptors (Lipinski definition) is 5. The van der Waals surface area contributed by atoms with Crippen LogP contribution in [0.15, 0.2) is 42.5 Å². The predicted octanol–water partition coefficient (Wildman–Crippen LogP) is 4.55. The monoisotopic (exact) mass is 391 g/mol. The Hall–Kier alpha value is -3.28. The van der Waals surface area contributed by atoms with Gasteiger partial charge in [-0.25, -0.2) is 14.8 Å². The summed E-state index contributed by atoms with van der Waals surface area (Å²) in [5, 5.41) is 2.77. The molecule has 1 amide bonds. The first-order chi connectivity index (χ1) is 13.7. The molecule has 0 bridgehead atoms. The minimum Gasteiger partial charge on any atom is -0.449 e. The maximum absolute atomic E-state index is 12.5. The molecule has 0 saturated heterocycles. The molecule has 0 aliphatic rings. The van der Waals surface area contributed by atoms with E-state index in [4.69, 9.17) is 4.74 Å². The van der Waals surface area contributed by atoms with Crippen molar-refractivity contribution in [3.63, 3.8) is 0 Å². The number of amides is 1. The Morgan fingerprint density at radius 2 is 1.52 bits per heavy atom. The van der Waals surface area contributed by atoms with Crippen LogP contribution >= 0.6 is 0 Å². The highest BCUT2D eigenvalue weighted by atomic mass is 16.5. The fourth-order valence-electron chi connectivity index (χ4n) is 2.84. The minimum absolute atomic E-state index is 0.330. The lowest BCUT2D eigenvalue weighted by Crippen LogP contribution is -2.30. The Morgan fingerprint density at radius 1 is 0.897 bits per heavy atom. The highest BCUT2D eigenvalue weighted by molar-refractivity contribution is 5.98. The third-order valence-corrected chi connectivity index (χ3v) is 4.81. The number of aryl methyl sites for hydroxylation is 2. The highest BCUT2D eigenvalue weighted by Crippen LogP contribution is 2.18. The maximum atomic E-state index is 12.5. The zero-order valence-electron chi connectivity index (χ0n) is 17.3. The van der Waals surface area contributed by atoms with Gasteiger partial charge in [0.05, 0.1) is 28.0 Å². The molecule has 2 aromatic carbocycles. The predicted molar refractivity (Wildman–Crippen MR) is 113 cm³/mol. The summed E-state index contributed by atoms with van der Waals surface area (Å²) >= 11 is 0. The summed E-state index contributed by atoms with van der Waals surface area (Å²) in [5.41, 5.74) is 5.15. The number of ether oxygens (including phenoxy) is 1. The number of benzene rings is 2. The first kappa shape index (κ1) is 20.5. The normalized spacial score (nSPS) is 12.1. The summed E-state index contributed by atoms with van der Waals surface area (Å²) in [6.45, 7) is 9.52. The van der Waals surface area contributed by atoms with Crippen molar-refractivity contribution in [2.24, 2.45) is 0 Å². The summed E-state index contributed by atoms with van der Waals surface area (Å²) in [4.78, 5) is 33.8. The van der Waals surface area contributed by atoms with Crippen molar-refractivity contribution in [1.82, 2.24) is 9.97 Å². The van der Waals surface area contributed by atoms with Crippen LogP contribution in [0, 0.1) is 13.8 Å². The molecule has 1 N–H and O–H groups in total. The first-order valence-corrected chi connectivity index (χ1v) is 9.61. The van der Waals surface area contributed by atoms with E-state index in [1.807, 2.05) is 38.1 Å². The van der Waals surface area contributed by atoms with Crippen molar-refractivity contribution in [2.75, 3.05) is 5.32 Å². The smallest absolute Gasteiger partial charge is 0.338 e. The van der Waals surface area contributed by atoms with E-state index in [2.05, 4.69) is 29.1 Å². The lowest BCUT2D eigenvalue weighted by molar-refractivity contribution is -0.123. The molecule has 0 aliphatic heterocycles.